The summed E-state index contributed by atoms with van der Waals surface area (Å²) in [5, 5.41) is 21.1. The summed E-state index contributed by atoms with van der Waals surface area (Å²) in [6.07, 6.45) is 10.3. The van der Waals surface area contributed by atoms with Gasteiger partial charge in [0.2, 0.25) is 0 Å². The normalized spacial score (nSPS) is 26.9. The molecule has 0 amide bonds. The van der Waals surface area contributed by atoms with Crippen molar-refractivity contribution in [2.75, 3.05) is 0 Å². The molecule has 0 heterocycles. The van der Waals surface area contributed by atoms with Crippen molar-refractivity contribution >= 4 is 0 Å². The summed E-state index contributed by atoms with van der Waals surface area (Å²) in [5.74, 6) is 0. The van der Waals surface area contributed by atoms with Crippen LogP contribution < -0.4 is 0 Å². The van der Waals surface area contributed by atoms with Gasteiger partial charge in [0.25, 0.3) is 0 Å². The van der Waals surface area contributed by atoms with Crippen molar-refractivity contribution in [2.45, 2.75) is 90.8 Å². The van der Waals surface area contributed by atoms with Crippen molar-refractivity contribution in [3.8, 4) is 0 Å². The van der Waals surface area contributed by atoms with Gasteiger partial charge in [-0.3, -0.25) is 0 Å². The Hall–Kier alpha value is -0.600. The molecule has 0 aromatic carbocycles. The van der Waals surface area contributed by atoms with Crippen molar-refractivity contribution in [1.82, 2.24) is 0 Å². The van der Waals surface area contributed by atoms with E-state index in [0.29, 0.717) is 0 Å². The number of unbranched alkanes of at least 4 members (excludes halogenated alkanes) is 5. The van der Waals surface area contributed by atoms with Crippen LogP contribution in [0.3, 0.4) is 0 Å². The number of aliphatic hydroxyl groups excluding tert-OH is 1. The molecule has 0 fully saturated rings. The standard InChI is InChI=1S/C18H32O2/c1-5-7-8-9-10-11-12-18(20)15(4)14(3)17(19)13-16(18)6-2/h13,17,19-20H,5-12H2,1-4H3. The minimum atomic E-state index is -0.817. The van der Waals surface area contributed by atoms with Crippen LogP contribution in [0.25, 0.3) is 0 Å². The van der Waals surface area contributed by atoms with Crippen molar-refractivity contribution in [2.24, 2.45) is 0 Å². The van der Waals surface area contributed by atoms with Crippen molar-refractivity contribution in [1.29, 1.82) is 0 Å². The maximum Gasteiger partial charge on any atom is 0.107 e. The van der Waals surface area contributed by atoms with E-state index in [1.54, 1.807) is 0 Å². The summed E-state index contributed by atoms with van der Waals surface area (Å²) in [6.45, 7) is 8.18. The summed E-state index contributed by atoms with van der Waals surface area (Å²) in [5.41, 5.74) is 2.04. The topological polar surface area (TPSA) is 40.5 Å². The largest absolute Gasteiger partial charge is 0.385 e. The van der Waals surface area contributed by atoms with Gasteiger partial charge in [0, 0.05) is 0 Å². The van der Waals surface area contributed by atoms with Crippen LogP contribution in [0.2, 0.25) is 0 Å². The van der Waals surface area contributed by atoms with Crippen molar-refractivity contribution in [3.05, 3.63) is 22.8 Å². The molecule has 0 aliphatic heterocycles. The van der Waals surface area contributed by atoms with Crippen LogP contribution in [0.5, 0.6) is 0 Å². The zero-order chi connectivity index (χ0) is 15.2. The Kier molecular flexibility index (Phi) is 6.97. The van der Waals surface area contributed by atoms with E-state index in [4.69, 9.17) is 0 Å². The second-order valence-electron chi connectivity index (χ2n) is 6.18. The number of aliphatic hydroxyl groups is 2. The highest BCUT2D eigenvalue weighted by atomic mass is 16.3. The van der Waals surface area contributed by atoms with Crippen LogP contribution in [0.1, 0.15) is 79.1 Å². The first kappa shape index (κ1) is 17.5. The maximum atomic E-state index is 11.1. The fourth-order valence-electron chi connectivity index (χ4n) is 3.16. The predicted octanol–water partition coefficient (Wildman–Crippen LogP) is 4.52. The third kappa shape index (κ3) is 3.95. The SMILES string of the molecule is CCCCCCCCC1(O)C(CC)=CC(O)C(C)=C1C. The second kappa shape index (κ2) is 7.99. The van der Waals surface area contributed by atoms with E-state index in [2.05, 4.69) is 13.8 Å². The zero-order valence-electron chi connectivity index (χ0n) is 13.7. The van der Waals surface area contributed by atoms with E-state index < -0.39 is 11.7 Å². The van der Waals surface area contributed by atoms with E-state index in [1.807, 2.05) is 19.9 Å². The highest BCUT2D eigenvalue weighted by Gasteiger charge is 2.37. The van der Waals surface area contributed by atoms with Crippen molar-refractivity contribution in [3.63, 3.8) is 0 Å². The molecule has 0 aromatic heterocycles. The van der Waals surface area contributed by atoms with Crippen LogP contribution in [0.4, 0.5) is 0 Å². The van der Waals surface area contributed by atoms with E-state index >= 15 is 0 Å². The van der Waals surface area contributed by atoms with Gasteiger partial charge < -0.3 is 10.2 Å². The van der Waals surface area contributed by atoms with Crippen LogP contribution in [-0.4, -0.2) is 21.9 Å². The lowest BCUT2D eigenvalue weighted by atomic mass is 9.74. The van der Waals surface area contributed by atoms with Gasteiger partial charge in [0.15, 0.2) is 0 Å². The van der Waals surface area contributed by atoms with Gasteiger partial charge in [-0.05, 0) is 55.9 Å². The lowest BCUT2D eigenvalue weighted by Crippen LogP contribution is -2.38. The summed E-state index contributed by atoms with van der Waals surface area (Å²) in [4.78, 5) is 0. The molecule has 0 saturated carbocycles. The fourth-order valence-corrected chi connectivity index (χ4v) is 3.16. The summed E-state index contributed by atoms with van der Waals surface area (Å²) in [7, 11) is 0. The lowest BCUT2D eigenvalue weighted by molar-refractivity contribution is 0.0896. The Balaban J connectivity index is 2.62. The Morgan fingerprint density at radius 3 is 2.25 bits per heavy atom. The molecule has 2 unspecified atom stereocenters. The molecule has 2 nitrogen and oxygen atoms in total. The van der Waals surface area contributed by atoms with Crippen LogP contribution in [-0.2, 0) is 0 Å². The average molecular weight is 280 g/mol. The highest BCUT2D eigenvalue weighted by Crippen LogP contribution is 2.39. The van der Waals surface area contributed by atoms with Crippen LogP contribution in [0, 0.1) is 0 Å². The smallest absolute Gasteiger partial charge is 0.107 e. The van der Waals surface area contributed by atoms with Gasteiger partial charge in [-0.1, -0.05) is 46.0 Å². The van der Waals surface area contributed by atoms with Gasteiger partial charge in [-0.2, -0.15) is 0 Å². The molecule has 1 rings (SSSR count). The van der Waals surface area contributed by atoms with Gasteiger partial charge in [0.1, 0.15) is 5.60 Å². The van der Waals surface area contributed by atoms with E-state index in [0.717, 1.165) is 36.0 Å². The summed E-state index contributed by atoms with van der Waals surface area (Å²) < 4.78 is 0. The molecule has 116 valence electrons. The predicted molar refractivity (Wildman–Crippen MR) is 85.7 cm³/mol. The maximum absolute atomic E-state index is 11.1. The van der Waals surface area contributed by atoms with Crippen LogP contribution in [0.15, 0.2) is 22.8 Å². The molecule has 2 heteroatoms. The van der Waals surface area contributed by atoms with Gasteiger partial charge in [-0.25, -0.2) is 0 Å². The Bertz CT molecular complexity index is 368. The van der Waals surface area contributed by atoms with E-state index in [-0.39, 0.29) is 0 Å². The molecule has 2 N–H and O–H groups in total. The van der Waals surface area contributed by atoms with Crippen molar-refractivity contribution < 1.29 is 10.2 Å². The monoisotopic (exact) mass is 280 g/mol. The molecule has 20 heavy (non-hydrogen) atoms. The molecule has 1 aliphatic rings. The number of rotatable bonds is 8. The lowest BCUT2D eigenvalue weighted by Gasteiger charge is -2.38. The summed E-state index contributed by atoms with van der Waals surface area (Å²) in [6, 6.07) is 0. The molecule has 0 spiro atoms. The highest BCUT2D eigenvalue weighted by molar-refractivity contribution is 5.42. The molecule has 0 saturated heterocycles. The quantitative estimate of drug-likeness (QED) is 0.507. The molecule has 1 aliphatic carbocycles. The Morgan fingerprint density at radius 2 is 1.65 bits per heavy atom. The number of hydrogen-bond donors (Lipinski definition) is 2. The molecule has 0 radical (unpaired) electrons. The number of hydrogen-bond acceptors (Lipinski definition) is 2. The molecular weight excluding hydrogens is 248 g/mol. The Morgan fingerprint density at radius 1 is 1.05 bits per heavy atom. The third-order valence-corrected chi connectivity index (χ3v) is 4.82. The van der Waals surface area contributed by atoms with Crippen LogP contribution >= 0.6 is 0 Å². The first-order chi connectivity index (χ1) is 9.47. The minimum absolute atomic E-state index is 0.519. The molecule has 0 aromatic rings. The first-order valence-electron chi connectivity index (χ1n) is 8.26. The molecule has 0 bridgehead atoms. The Labute approximate surface area is 124 Å². The van der Waals surface area contributed by atoms with Gasteiger partial charge in [0.05, 0.1) is 6.10 Å². The fraction of sp³-hybridized carbons (Fsp3) is 0.778. The second-order valence-corrected chi connectivity index (χ2v) is 6.18. The summed E-state index contributed by atoms with van der Waals surface area (Å²) >= 11 is 0. The van der Waals surface area contributed by atoms with E-state index in [9.17, 15) is 10.2 Å². The minimum Gasteiger partial charge on any atom is -0.385 e. The first-order valence-corrected chi connectivity index (χ1v) is 8.26. The molecular formula is C18H32O2. The average Bonchev–Trinajstić information content (AvgIpc) is 2.44. The van der Waals surface area contributed by atoms with E-state index in [1.165, 1.54) is 32.1 Å². The van der Waals surface area contributed by atoms with Gasteiger partial charge in [-0.15, -0.1) is 0 Å². The van der Waals surface area contributed by atoms with Gasteiger partial charge >= 0.3 is 0 Å². The third-order valence-electron chi connectivity index (χ3n) is 4.82. The molecule has 2 atom stereocenters. The zero-order valence-corrected chi connectivity index (χ0v) is 13.7.